The van der Waals surface area contributed by atoms with Crippen LogP contribution in [0.25, 0.3) is 32.8 Å². The number of allylic oxidation sites excluding steroid dienone is 2. The smallest absolute Gasteiger partial charge is 0.162 e. The second-order valence-corrected chi connectivity index (χ2v) is 15.5. The molecule has 3 aromatic carbocycles. The third-order valence-electron chi connectivity index (χ3n) is 11.9. The van der Waals surface area contributed by atoms with Gasteiger partial charge in [-0.05, 0) is 103 Å². The number of benzene rings is 3. The normalized spacial score (nSPS) is 25.5. The molecule has 1 N–H and O–H groups in total. The van der Waals surface area contributed by atoms with Gasteiger partial charge in [0.05, 0.1) is 5.76 Å². The molecule has 3 aliphatic rings. The van der Waals surface area contributed by atoms with Crippen LogP contribution in [0.4, 0.5) is 0 Å². The Hall–Kier alpha value is -2.81. The molecule has 271 valence electrons. The first kappa shape index (κ1) is 40.0. The molecular formula is C46H60IrNO2-. The Morgan fingerprint density at radius 2 is 1.46 bits per heavy atom. The van der Waals surface area contributed by atoms with Gasteiger partial charge in [0.2, 0.25) is 0 Å². The number of hydrogen-bond acceptors (Lipinski definition) is 3. The van der Waals surface area contributed by atoms with E-state index >= 15 is 0 Å². The van der Waals surface area contributed by atoms with E-state index in [9.17, 15) is 9.90 Å². The Morgan fingerprint density at radius 3 is 2.14 bits per heavy atom. The van der Waals surface area contributed by atoms with Crippen LogP contribution >= 0.6 is 0 Å². The van der Waals surface area contributed by atoms with Crippen LogP contribution < -0.4 is 0 Å². The number of aromatic nitrogens is 1. The Labute approximate surface area is 316 Å². The standard InChI is InChI=1S/C28H28N.C17H28O2.CH4.Ir/c1-2-6-20-11-13-21(14-12-20)23-15-16-26-24(19-23)17-18-29-28(26)27-10-5-8-22-7-3-4-9-25(22)27;1-12-3-7-14(8-4-12)16(18)11-17(19)15-9-5-13(2)6-10-15;;/h3-5,7-9,15-21H,2,6,11-14H2,1H3;11-15,18H,3-10H2,1-2H3;1H4;/q-1;;;. The van der Waals surface area contributed by atoms with Crippen LogP contribution in [0.5, 0.6) is 0 Å². The summed E-state index contributed by atoms with van der Waals surface area (Å²) >= 11 is 0. The van der Waals surface area contributed by atoms with Gasteiger partial charge in [0.15, 0.2) is 5.78 Å². The van der Waals surface area contributed by atoms with Gasteiger partial charge in [0, 0.05) is 44.2 Å². The van der Waals surface area contributed by atoms with Crippen molar-refractivity contribution in [3.63, 3.8) is 0 Å². The largest absolute Gasteiger partial charge is 0.512 e. The van der Waals surface area contributed by atoms with Gasteiger partial charge < -0.3 is 10.1 Å². The summed E-state index contributed by atoms with van der Waals surface area (Å²) in [5.41, 5.74) is 3.64. The number of ketones is 1. The van der Waals surface area contributed by atoms with E-state index in [-0.39, 0.29) is 45.2 Å². The van der Waals surface area contributed by atoms with Crippen molar-refractivity contribution in [2.75, 3.05) is 0 Å². The summed E-state index contributed by atoms with van der Waals surface area (Å²) in [7, 11) is 0. The van der Waals surface area contributed by atoms with Gasteiger partial charge in [0.25, 0.3) is 0 Å². The molecule has 7 rings (SSSR count). The van der Waals surface area contributed by atoms with Crippen LogP contribution in [0.15, 0.2) is 78.7 Å². The van der Waals surface area contributed by atoms with Crippen molar-refractivity contribution < 1.29 is 30.0 Å². The molecule has 4 heteroatoms. The van der Waals surface area contributed by atoms with Gasteiger partial charge in [-0.2, -0.15) is 0 Å². The van der Waals surface area contributed by atoms with Crippen LogP contribution in [-0.4, -0.2) is 15.9 Å². The van der Waals surface area contributed by atoms with Crippen molar-refractivity contribution in [3.8, 4) is 11.3 Å². The second-order valence-electron chi connectivity index (χ2n) is 15.5. The number of pyridine rings is 1. The van der Waals surface area contributed by atoms with Crippen molar-refractivity contribution in [2.45, 2.75) is 124 Å². The third kappa shape index (κ3) is 9.95. The minimum Gasteiger partial charge on any atom is -0.512 e. The Balaban J connectivity index is 0.000000235. The first-order valence-electron chi connectivity index (χ1n) is 19.1. The molecule has 1 radical (unpaired) electrons. The fourth-order valence-electron chi connectivity index (χ4n) is 8.68. The van der Waals surface area contributed by atoms with Crippen molar-refractivity contribution in [3.05, 3.63) is 90.3 Å². The van der Waals surface area contributed by atoms with E-state index in [2.05, 4.69) is 81.4 Å². The molecule has 3 saturated carbocycles. The molecule has 3 nitrogen and oxygen atoms in total. The molecule has 0 saturated heterocycles. The molecule has 0 bridgehead atoms. The molecule has 0 spiro atoms. The van der Waals surface area contributed by atoms with Crippen LogP contribution in [0, 0.1) is 35.7 Å². The number of hydrogen-bond donors (Lipinski definition) is 1. The molecule has 0 atom stereocenters. The molecule has 0 aliphatic heterocycles. The van der Waals surface area contributed by atoms with Crippen molar-refractivity contribution >= 4 is 27.3 Å². The first-order chi connectivity index (χ1) is 23.4. The minimum atomic E-state index is 0. The summed E-state index contributed by atoms with van der Waals surface area (Å²) in [6, 6.07) is 25.3. The molecule has 1 aromatic heterocycles. The topological polar surface area (TPSA) is 50.2 Å². The third-order valence-corrected chi connectivity index (χ3v) is 11.9. The molecule has 50 heavy (non-hydrogen) atoms. The summed E-state index contributed by atoms with van der Waals surface area (Å²) < 4.78 is 0. The molecular weight excluding hydrogens is 791 g/mol. The summed E-state index contributed by atoms with van der Waals surface area (Å²) in [6.07, 6.45) is 20.5. The van der Waals surface area contributed by atoms with Crippen LogP contribution in [0.2, 0.25) is 0 Å². The fourth-order valence-corrected chi connectivity index (χ4v) is 8.68. The van der Waals surface area contributed by atoms with Gasteiger partial charge in [-0.3, -0.25) is 4.79 Å². The van der Waals surface area contributed by atoms with E-state index in [4.69, 9.17) is 4.98 Å². The average Bonchev–Trinajstić information content (AvgIpc) is 3.12. The number of fused-ring (bicyclic) bond motifs is 2. The zero-order valence-corrected chi connectivity index (χ0v) is 32.3. The summed E-state index contributed by atoms with van der Waals surface area (Å²) in [6.45, 7) is 6.84. The second kappa shape index (κ2) is 19.1. The zero-order valence-electron chi connectivity index (χ0n) is 29.9. The van der Waals surface area contributed by atoms with E-state index in [0.717, 1.165) is 67.5 Å². The maximum atomic E-state index is 12.2. The molecule has 3 aliphatic carbocycles. The van der Waals surface area contributed by atoms with Gasteiger partial charge in [-0.1, -0.05) is 115 Å². The summed E-state index contributed by atoms with van der Waals surface area (Å²) in [5, 5.41) is 15.1. The quantitative estimate of drug-likeness (QED) is 0.114. The van der Waals surface area contributed by atoms with Crippen LogP contribution in [0.1, 0.15) is 130 Å². The maximum absolute atomic E-state index is 12.2. The number of carbonyl (C=O) groups is 1. The van der Waals surface area contributed by atoms with Gasteiger partial charge in [-0.15, -0.1) is 29.1 Å². The predicted octanol–water partition coefficient (Wildman–Crippen LogP) is 13.2. The number of aliphatic hydroxyl groups excluding tert-OH is 1. The van der Waals surface area contributed by atoms with Crippen molar-refractivity contribution in [1.29, 1.82) is 0 Å². The number of carbonyl (C=O) groups excluding carboxylic acids is 1. The van der Waals surface area contributed by atoms with E-state index in [0.29, 0.717) is 11.7 Å². The maximum Gasteiger partial charge on any atom is 0.162 e. The molecule has 0 amide bonds. The summed E-state index contributed by atoms with van der Waals surface area (Å²) in [4.78, 5) is 17.0. The SMILES string of the molecule is C.CC1CCC(C(=O)C=C(O)C2CCC(C)CC2)CC1.CCCC1CCC(c2ccc3c(-c4[c-]ccc5ccccc45)nccc3c2)CC1.[Ir]. The zero-order chi connectivity index (χ0) is 33.5. The van der Waals surface area contributed by atoms with E-state index in [1.807, 2.05) is 12.3 Å². The monoisotopic (exact) mass is 851 g/mol. The molecule has 0 unspecified atom stereocenters. The minimum absolute atomic E-state index is 0. The Bertz CT molecular complexity index is 1680. The van der Waals surface area contributed by atoms with Crippen molar-refractivity contribution in [2.24, 2.45) is 29.6 Å². The molecule has 1 heterocycles. The average molecular weight is 851 g/mol. The molecule has 4 aromatic rings. The van der Waals surface area contributed by atoms with E-state index < -0.39 is 0 Å². The van der Waals surface area contributed by atoms with Crippen LogP contribution in [0.3, 0.4) is 0 Å². The predicted molar refractivity (Wildman–Crippen MR) is 208 cm³/mol. The van der Waals surface area contributed by atoms with Crippen LogP contribution in [-0.2, 0) is 24.9 Å². The van der Waals surface area contributed by atoms with Gasteiger partial charge >= 0.3 is 0 Å². The number of nitrogens with zero attached hydrogens (tertiary/aromatic N) is 1. The summed E-state index contributed by atoms with van der Waals surface area (Å²) in [5.74, 6) is 4.14. The Kier molecular flexibility index (Phi) is 15.3. The number of aliphatic hydroxyl groups is 1. The van der Waals surface area contributed by atoms with Crippen molar-refractivity contribution in [1.82, 2.24) is 4.98 Å². The molecule has 3 fully saturated rings. The Morgan fingerprint density at radius 1 is 0.800 bits per heavy atom. The number of rotatable bonds is 7. The van der Waals surface area contributed by atoms with Gasteiger partial charge in [0.1, 0.15) is 0 Å². The fraction of sp³-hybridized carbons (Fsp3) is 0.522. The van der Waals surface area contributed by atoms with Gasteiger partial charge in [-0.25, -0.2) is 0 Å². The van der Waals surface area contributed by atoms with E-state index in [1.165, 1.54) is 78.5 Å². The first-order valence-corrected chi connectivity index (χ1v) is 19.1. The van der Waals surface area contributed by atoms with E-state index in [1.54, 1.807) is 6.08 Å².